The average Bonchev–Trinajstić information content (AvgIpc) is 3.46. The molecule has 0 atom stereocenters. The van der Waals surface area contributed by atoms with Gasteiger partial charge in [0.1, 0.15) is 5.82 Å². The number of piperidine rings is 1. The van der Waals surface area contributed by atoms with Crippen molar-refractivity contribution in [3.8, 4) is 27.5 Å². The van der Waals surface area contributed by atoms with Crippen LogP contribution in [0.25, 0.3) is 27.5 Å². The number of hydrogen-bond acceptors (Lipinski definition) is 7. The summed E-state index contributed by atoms with van der Waals surface area (Å²) in [5.74, 6) is 0.973. The van der Waals surface area contributed by atoms with Gasteiger partial charge in [0.25, 0.3) is 0 Å². The lowest BCUT2D eigenvalue weighted by Crippen LogP contribution is -2.30. The number of nitrogens with two attached hydrogens (primary N) is 1. The van der Waals surface area contributed by atoms with Crippen LogP contribution in [0.5, 0.6) is 0 Å². The van der Waals surface area contributed by atoms with E-state index in [0.29, 0.717) is 5.13 Å². The summed E-state index contributed by atoms with van der Waals surface area (Å²) in [6, 6.07) is 7.46. The third-order valence-corrected chi connectivity index (χ3v) is 7.35. The lowest BCUT2D eigenvalue weighted by molar-refractivity contribution is 0.259. The van der Waals surface area contributed by atoms with E-state index in [1.54, 1.807) is 6.20 Å². The number of pyridine rings is 2. The van der Waals surface area contributed by atoms with E-state index in [1.807, 2.05) is 35.3 Å². The molecule has 4 aromatic rings. The van der Waals surface area contributed by atoms with E-state index < -0.39 is 6.03 Å². The number of hydrogen-bond donors (Lipinski definition) is 2. The summed E-state index contributed by atoms with van der Waals surface area (Å²) < 4.78 is 2.00. The Hall–Kier alpha value is -3.79. The molecule has 9 nitrogen and oxygen atoms in total. The first kappa shape index (κ1) is 20.8. The van der Waals surface area contributed by atoms with Gasteiger partial charge in [-0.2, -0.15) is 5.10 Å². The maximum absolute atomic E-state index is 11.4. The van der Waals surface area contributed by atoms with Crippen LogP contribution in [0.15, 0.2) is 42.9 Å². The highest BCUT2D eigenvalue weighted by atomic mass is 32.1. The second-order valence-electron chi connectivity index (χ2n) is 8.53. The number of aryl methyl sites for hydroxylation is 1. The molecule has 172 valence electrons. The second kappa shape index (κ2) is 8.53. The number of primary amides is 1. The molecule has 3 N–H and O–H groups in total. The molecule has 1 fully saturated rings. The van der Waals surface area contributed by atoms with Crippen molar-refractivity contribution in [2.24, 2.45) is 5.73 Å². The number of nitrogens with one attached hydrogen (secondary N) is 1. The van der Waals surface area contributed by atoms with E-state index in [1.165, 1.54) is 30.6 Å². The summed E-state index contributed by atoms with van der Waals surface area (Å²) in [7, 11) is 0. The maximum Gasteiger partial charge on any atom is 0.318 e. The maximum atomic E-state index is 11.4. The Morgan fingerprint density at radius 1 is 1.12 bits per heavy atom. The van der Waals surface area contributed by atoms with E-state index in [9.17, 15) is 4.79 Å². The summed E-state index contributed by atoms with van der Waals surface area (Å²) in [6.45, 7) is 2.05. The van der Waals surface area contributed by atoms with Gasteiger partial charge in [0, 0.05) is 48.9 Å². The predicted molar refractivity (Wildman–Crippen MR) is 132 cm³/mol. The largest absolute Gasteiger partial charge is 0.357 e. The van der Waals surface area contributed by atoms with E-state index >= 15 is 0 Å². The number of amides is 2. The smallest absolute Gasteiger partial charge is 0.318 e. The lowest BCUT2D eigenvalue weighted by atomic mass is 9.95. The fourth-order valence-electron chi connectivity index (χ4n) is 4.79. The van der Waals surface area contributed by atoms with Crippen molar-refractivity contribution >= 4 is 28.3 Å². The average molecular weight is 473 g/mol. The van der Waals surface area contributed by atoms with Crippen molar-refractivity contribution in [3.63, 3.8) is 0 Å². The van der Waals surface area contributed by atoms with Crippen molar-refractivity contribution in [3.05, 3.63) is 54.1 Å². The molecule has 0 bridgehead atoms. The monoisotopic (exact) mass is 472 g/mol. The Morgan fingerprint density at radius 2 is 2.00 bits per heavy atom. The molecule has 0 radical (unpaired) electrons. The van der Waals surface area contributed by atoms with Crippen LogP contribution in [0.1, 0.15) is 30.5 Å². The number of urea groups is 1. The molecule has 1 aliphatic carbocycles. The van der Waals surface area contributed by atoms with Crippen LogP contribution in [-0.4, -0.2) is 43.9 Å². The van der Waals surface area contributed by atoms with Crippen LogP contribution in [0, 0.1) is 0 Å². The van der Waals surface area contributed by atoms with Gasteiger partial charge in [0.2, 0.25) is 0 Å². The van der Waals surface area contributed by atoms with Crippen LogP contribution in [0.2, 0.25) is 0 Å². The first-order valence-electron chi connectivity index (χ1n) is 11.5. The fourth-order valence-corrected chi connectivity index (χ4v) is 5.86. The van der Waals surface area contributed by atoms with Gasteiger partial charge in [0.05, 0.1) is 27.6 Å². The van der Waals surface area contributed by atoms with Crippen molar-refractivity contribution in [1.29, 1.82) is 0 Å². The SMILES string of the molecule is NC(=O)Nc1nc2c(s1)-c1c(c(-c3cccnc3)nn1-c1ccnc(N3CCCCC3)c1)CC2. The number of carbonyl (C=O) groups is 1. The third-order valence-electron chi connectivity index (χ3n) is 6.33. The Morgan fingerprint density at radius 3 is 2.79 bits per heavy atom. The molecule has 5 heterocycles. The summed E-state index contributed by atoms with van der Waals surface area (Å²) in [5.41, 5.74) is 11.3. The quantitative estimate of drug-likeness (QED) is 0.463. The topological polar surface area (TPSA) is 115 Å². The van der Waals surface area contributed by atoms with Crippen LogP contribution >= 0.6 is 11.3 Å². The minimum absolute atomic E-state index is 0.504. The predicted octanol–water partition coefficient (Wildman–Crippen LogP) is 4.03. The molecule has 0 unspecified atom stereocenters. The van der Waals surface area contributed by atoms with E-state index in [2.05, 4.69) is 31.2 Å². The van der Waals surface area contributed by atoms with Crippen LogP contribution in [0.4, 0.5) is 15.7 Å². The molecule has 1 saturated heterocycles. The van der Waals surface area contributed by atoms with Gasteiger partial charge < -0.3 is 10.6 Å². The third kappa shape index (κ3) is 3.69. The zero-order valence-corrected chi connectivity index (χ0v) is 19.4. The van der Waals surface area contributed by atoms with Crippen molar-refractivity contribution < 1.29 is 4.79 Å². The molecule has 34 heavy (non-hydrogen) atoms. The normalized spacial score (nSPS) is 15.0. The molecule has 10 heteroatoms. The number of carbonyl (C=O) groups excluding carboxylic acids is 1. The van der Waals surface area contributed by atoms with Gasteiger partial charge in [-0.1, -0.05) is 11.3 Å². The highest BCUT2D eigenvalue weighted by Crippen LogP contribution is 2.44. The van der Waals surface area contributed by atoms with Gasteiger partial charge in [0.15, 0.2) is 5.13 Å². The first-order chi connectivity index (χ1) is 16.7. The first-order valence-corrected chi connectivity index (χ1v) is 12.3. The highest BCUT2D eigenvalue weighted by Gasteiger charge is 2.30. The van der Waals surface area contributed by atoms with Crippen LogP contribution in [0.3, 0.4) is 0 Å². The van der Waals surface area contributed by atoms with Crippen molar-refractivity contribution in [1.82, 2.24) is 24.7 Å². The molecule has 6 rings (SSSR count). The summed E-state index contributed by atoms with van der Waals surface area (Å²) >= 11 is 1.43. The van der Waals surface area contributed by atoms with Gasteiger partial charge in [-0.15, -0.1) is 0 Å². The van der Waals surface area contributed by atoms with Crippen molar-refractivity contribution in [2.75, 3.05) is 23.3 Å². The van der Waals surface area contributed by atoms with E-state index in [4.69, 9.17) is 10.8 Å². The summed E-state index contributed by atoms with van der Waals surface area (Å²) in [5, 5.41) is 8.22. The van der Waals surface area contributed by atoms with Crippen LogP contribution in [-0.2, 0) is 12.8 Å². The Kier molecular flexibility index (Phi) is 5.21. The van der Waals surface area contributed by atoms with Gasteiger partial charge >= 0.3 is 6.03 Å². The van der Waals surface area contributed by atoms with Gasteiger partial charge in [-0.25, -0.2) is 19.4 Å². The number of fused-ring (bicyclic) bond motifs is 3. The van der Waals surface area contributed by atoms with Gasteiger partial charge in [-0.05, 0) is 50.3 Å². The number of anilines is 2. The zero-order chi connectivity index (χ0) is 23.1. The fraction of sp³-hybridized carbons (Fsp3) is 0.292. The highest BCUT2D eigenvalue weighted by molar-refractivity contribution is 7.19. The summed E-state index contributed by atoms with van der Waals surface area (Å²) in [4.78, 5) is 28.4. The number of nitrogens with zero attached hydrogens (tertiary/aromatic N) is 6. The molecule has 0 saturated carbocycles. The lowest BCUT2D eigenvalue weighted by Gasteiger charge is -2.28. The van der Waals surface area contributed by atoms with E-state index in [0.717, 1.165) is 70.5 Å². The second-order valence-corrected chi connectivity index (χ2v) is 9.53. The Labute approximate surface area is 200 Å². The molecular formula is C24H24N8OS. The minimum Gasteiger partial charge on any atom is -0.357 e. The van der Waals surface area contributed by atoms with E-state index in [-0.39, 0.29) is 0 Å². The number of aromatic nitrogens is 5. The van der Waals surface area contributed by atoms with Crippen molar-refractivity contribution in [2.45, 2.75) is 32.1 Å². The molecule has 1 aliphatic heterocycles. The molecule has 0 spiro atoms. The summed E-state index contributed by atoms with van der Waals surface area (Å²) in [6.07, 6.45) is 10.7. The van der Waals surface area contributed by atoms with Gasteiger partial charge in [-0.3, -0.25) is 10.3 Å². The minimum atomic E-state index is -0.615. The Balaban J connectivity index is 1.51. The molecule has 0 aromatic carbocycles. The molecule has 2 aliphatic rings. The number of rotatable bonds is 4. The molecule has 4 aromatic heterocycles. The standard InChI is InChI=1S/C24H24N8OS/c25-23(33)29-24-28-18-7-6-17-20(15-5-4-9-26-14-15)30-32(21(17)22(18)34-24)16-8-10-27-19(13-16)31-11-2-1-3-12-31/h4-5,8-10,13-14H,1-3,6-7,11-12H2,(H3,25,28,29,33). The molecular weight excluding hydrogens is 448 g/mol. The van der Waals surface area contributed by atoms with Crippen LogP contribution < -0.4 is 16.0 Å². The molecule has 2 amide bonds. The number of thiazole rings is 1. The zero-order valence-electron chi connectivity index (χ0n) is 18.6. The Bertz CT molecular complexity index is 1360.